The van der Waals surface area contributed by atoms with Crippen molar-refractivity contribution in [3.05, 3.63) is 42.6 Å². The Morgan fingerprint density at radius 1 is 1.21 bits per heavy atom. The summed E-state index contributed by atoms with van der Waals surface area (Å²) >= 11 is 0. The molecule has 0 atom stereocenters. The van der Waals surface area contributed by atoms with Crippen LogP contribution in [0.4, 0.5) is 8.78 Å². The van der Waals surface area contributed by atoms with Crippen molar-refractivity contribution in [2.45, 2.75) is 6.55 Å². The Bertz CT molecular complexity index is 409. The van der Waals surface area contributed by atoms with Crippen molar-refractivity contribution in [2.75, 3.05) is 0 Å². The fourth-order valence-electron chi connectivity index (χ4n) is 1.24. The van der Waals surface area contributed by atoms with Crippen LogP contribution in [-0.4, -0.2) is 9.78 Å². The van der Waals surface area contributed by atoms with E-state index in [0.29, 0.717) is 15.9 Å². The van der Waals surface area contributed by atoms with Crippen molar-refractivity contribution in [3.8, 4) is 11.3 Å². The Kier molecular flexibility index (Phi) is 2.26. The van der Waals surface area contributed by atoms with Crippen LogP contribution in [-0.2, 0) is 0 Å². The molecule has 71 valence electrons. The molecule has 0 bridgehead atoms. The van der Waals surface area contributed by atoms with E-state index < -0.39 is 6.55 Å². The monoisotopic (exact) mass is 193 g/mol. The Balaban J connectivity index is 2.47. The summed E-state index contributed by atoms with van der Waals surface area (Å²) in [6.45, 7) is -2.63. The number of nitrogens with zero attached hydrogens (tertiary/aromatic N) is 2. The van der Waals surface area contributed by atoms with Crippen molar-refractivity contribution < 1.29 is 8.78 Å². The van der Waals surface area contributed by atoms with E-state index in [2.05, 4.69) is 11.2 Å². The lowest BCUT2D eigenvalue weighted by Crippen LogP contribution is -2.01. The molecular formula is C10H7F2N2. The van der Waals surface area contributed by atoms with Crippen molar-refractivity contribution in [1.29, 1.82) is 0 Å². The third kappa shape index (κ3) is 1.51. The molecule has 0 saturated heterocycles. The molecule has 2 nitrogen and oxygen atoms in total. The molecule has 1 aromatic carbocycles. The van der Waals surface area contributed by atoms with E-state index in [9.17, 15) is 8.78 Å². The second-order valence-corrected chi connectivity index (χ2v) is 2.73. The molecule has 0 aliphatic heterocycles. The van der Waals surface area contributed by atoms with Crippen LogP contribution < -0.4 is 0 Å². The topological polar surface area (TPSA) is 17.8 Å². The second kappa shape index (κ2) is 3.57. The Hall–Kier alpha value is -1.71. The van der Waals surface area contributed by atoms with Crippen LogP contribution in [0.3, 0.4) is 0 Å². The standard InChI is InChI=1S/C10H7F2N2/c11-10(12)14-9(6-7-13-14)8-4-2-1-3-5-8/h1-5,7,10H. The van der Waals surface area contributed by atoms with Crippen molar-refractivity contribution in [3.63, 3.8) is 0 Å². The largest absolute Gasteiger partial charge is 0.333 e. The highest BCUT2D eigenvalue weighted by Crippen LogP contribution is 2.22. The number of hydrogen-bond acceptors (Lipinski definition) is 1. The van der Waals surface area contributed by atoms with Gasteiger partial charge in [-0.25, -0.2) is 4.68 Å². The highest BCUT2D eigenvalue weighted by molar-refractivity contribution is 5.58. The van der Waals surface area contributed by atoms with Crippen molar-refractivity contribution >= 4 is 0 Å². The zero-order valence-corrected chi connectivity index (χ0v) is 7.19. The summed E-state index contributed by atoms with van der Waals surface area (Å²) in [5, 5.41) is 3.50. The van der Waals surface area contributed by atoms with Crippen molar-refractivity contribution in [2.24, 2.45) is 0 Å². The number of aromatic nitrogens is 2. The van der Waals surface area contributed by atoms with Crippen LogP contribution in [0.5, 0.6) is 0 Å². The Morgan fingerprint density at radius 3 is 2.57 bits per heavy atom. The zero-order chi connectivity index (χ0) is 9.97. The van der Waals surface area contributed by atoms with Crippen LogP contribution in [0.2, 0.25) is 0 Å². The fraction of sp³-hybridized carbons (Fsp3) is 0.100. The molecule has 0 N–H and O–H groups in total. The molecule has 0 unspecified atom stereocenters. The van der Waals surface area contributed by atoms with Crippen LogP contribution >= 0.6 is 0 Å². The molecule has 0 amide bonds. The van der Waals surface area contributed by atoms with Gasteiger partial charge in [-0.1, -0.05) is 30.3 Å². The minimum Gasteiger partial charge on any atom is -0.203 e. The SMILES string of the molecule is FC(F)n1nc[c]c1-c1ccccc1. The predicted molar refractivity (Wildman–Crippen MR) is 47.8 cm³/mol. The first kappa shape index (κ1) is 8.87. The zero-order valence-electron chi connectivity index (χ0n) is 7.19. The molecule has 0 spiro atoms. The predicted octanol–water partition coefficient (Wildman–Crippen LogP) is 2.75. The summed E-state index contributed by atoms with van der Waals surface area (Å²) in [5.41, 5.74) is 0.992. The van der Waals surface area contributed by atoms with E-state index in [1.807, 2.05) is 6.07 Å². The summed E-state index contributed by atoms with van der Waals surface area (Å²) < 4.78 is 25.5. The summed E-state index contributed by atoms with van der Waals surface area (Å²) in [7, 11) is 0. The van der Waals surface area contributed by atoms with E-state index >= 15 is 0 Å². The van der Waals surface area contributed by atoms with Gasteiger partial charge in [0, 0.05) is 11.6 Å². The molecule has 2 rings (SSSR count). The molecule has 0 saturated carbocycles. The summed E-state index contributed by atoms with van der Waals surface area (Å²) in [4.78, 5) is 0. The number of halogens is 2. The molecular weight excluding hydrogens is 186 g/mol. The molecule has 1 radical (unpaired) electrons. The fourth-order valence-corrected chi connectivity index (χ4v) is 1.24. The maximum Gasteiger partial charge on any atom is 0.333 e. The smallest absolute Gasteiger partial charge is 0.203 e. The van der Waals surface area contributed by atoms with Gasteiger partial charge in [0.15, 0.2) is 0 Å². The van der Waals surface area contributed by atoms with Gasteiger partial charge >= 0.3 is 6.55 Å². The minimum atomic E-state index is -2.63. The molecule has 2 aromatic rings. The van der Waals surface area contributed by atoms with E-state index in [-0.39, 0.29) is 0 Å². The average molecular weight is 193 g/mol. The Labute approximate surface area is 79.8 Å². The number of benzene rings is 1. The van der Waals surface area contributed by atoms with E-state index in [1.165, 1.54) is 6.20 Å². The molecule has 0 fully saturated rings. The van der Waals surface area contributed by atoms with Crippen LogP contribution in [0.1, 0.15) is 6.55 Å². The summed E-state index contributed by atoms with van der Waals surface area (Å²) in [5.74, 6) is 0. The first-order valence-electron chi connectivity index (χ1n) is 4.08. The highest BCUT2D eigenvalue weighted by Gasteiger charge is 2.12. The molecule has 1 aromatic heterocycles. The lowest BCUT2D eigenvalue weighted by molar-refractivity contribution is 0.0585. The third-order valence-electron chi connectivity index (χ3n) is 1.84. The van der Waals surface area contributed by atoms with Crippen LogP contribution in [0.25, 0.3) is 11.3 Å². The van der Waals surface area contributed by atoms with Crippen LogP contribution in [0, 0.1) is 6.07 Å². The van der Waals surface area contributed by atoms with Crippen molar-refractivity contribution in [1.82, 2.24) is 9.78 Å². The number of alkyl halides is 2. The highest BCUT2D eigenvalue weighted by atomic mass is 19.3. The second-order valence-electron chi connectivity index (χ2n) is 2.73. The third-order valence-corrected chi connectivity index (χ3v) is 1.84. The molecule has 0 aliphatic rings. The quantitative estimate of drug-likeness (QED) is 0.717. The van der Waals surface area contributed by atoms with Gasteiger partial charge in [-0.2, -0.15) is 13.9 Å². The normalized spacial score (nSPS) is 10.8. The van der Waals surface area contributed by atoms with Gasteiger partial charge < -0.3 is 0 Å². The molecule has 4 heteroatoms. The molecule has 14 heavy (non-hydrogen) atoms. The average Bonchev–Trinajstić information content (AvgIpc) is 2.67. The summed E-state index contributed by atoms with van der Waals surface area (Å²) in [6.07, 6.45) is 1.24. The van der Waals surface area contributed by atoms with Gasteiger partial charge in [0.25, 0.3) is 0 Å². The van der Waals surface area contributed by atoms with E-state index in [0.717, 1.165) is 0 Å². The lowest BCUT2D eigenvalue weighted by atomic mass is 10.1. The van der Waals surface area contributed by atoms with Crippen LogP contribution in [0.15, 0.2) is 36.5 Å². The van der Waals surface area contributed by atoms with Gasteiger partial charge in [-0.15, -0.1) is 0 Å². The van der Waals surface area contributed by atoms with Gasteiger partial charge in [0.05, 0.1) is 11.9 Å². The van der Waals surface area contributed by atoms with E-state index in [4.69, 9.17) is 0 Å². The summed E-state index contributed by atoms with van der Waals surface area (Å²) in [6, 6.07) is 11.6. The van der Waals surface area contributed by atoms with E-state index in [1.54, 1.807) is 24.3 Å². The Morgan fingerprint density at radius 2 is 1.93 bits per heavy atom. The minimum absolute atomic E-state index is 0.306. The maximum atomic E-state index is 12.4. The first-order chi connectivity index (χ1) is 6.79. The van der Waals surface area contributed by atoms with Gasteiger partial charge in [0.2, 0.25) is 0 Å². The van der Waals surface area contributed by atoms with Gasteiger partial charge in [-0.05, 0) is 0 Å². The lowest BCUT2D eigenvalue weighted by Gasteiger charge is -2.04. The molecule has 0 aliphatic carbocycles. The number of hydrogen-bond donors (Lipinski definition) is 0. The van der Waals surface area contributed by atoms with Gasteiger partial charge in [-0.3, -0.25) is 0 Å². The van der Waals surface area contributed by atoms with Gasteiger partial charge in [0.1, 0.15) is 0 Å². The molecule has 1 heterocycles. The first-order valence-corrected chi connectivity index (χ1v) is 4.08. The number of rotatable bonds is 2. The maximum absolute atomic E-state index is 12.4.